The zero-order valence-corrected chi connectivity index (χ0v) is 18.3. The van der Waals surface area contributed by atoms with Gasteiger partial charge in [0.2, 0.25) is 5.91 Å². The van der Waals surface area contributed by atoms with Crippen molar-refractivity contribution in [2.75, 3.05) is 31.6 Å². The topological polar surface area (TPSA) is 59.4 Å². The van der Waals surface area contributed by atoms with Crippen LogP contribution in [0.15, 0.2) is 54.6 Å². The number of nitrogens with one attached hydrogen (secondary N) is 1. The lowest BCUT2D eigenvalue weighted by Gasteiger charge is -2.26. The summed E-state index contributed by atoms with van der Waals surface area (Å²) in [5.41, 5.74) is 5.27. The Bertz CT molecular complexity index is 1100. The highest BCUT2D eigenvalue weighted by Gasteiger charge is 2.12. The average Bonchev–Trinajstić information content (AvgIpc) is 3.08. The number of aryl methyl sites for hydroxylation is 1. The molecule has 1 aliphatic rings. The molecule has 0 saturated carbocycles. The molecule has 1 fully saturated rings. The predicted molar refractivity (Wildman–Crippen MR) is 123 cm³/mol. The SMILES string of the molecule is Cc1nn(-c2ccc(F)cc2)c(C)c1/C=C/C(=O)Nc1ccc(CN2CCOCC2)cc1. The van der Waals surface area contributed by atoms with Crippen LogP contribution in [0.3, 0.4) is 0 Å². The molecule has 1 amide bonds. The van der Waals surface area contributed by atoms with Gasteiger partial charge in [0, 0.05) is 42.7 Å². The van der Waals surface area contributed by atoms with Crippen LogP contribution < -0.4 is 5.32 Å². The van der Waals surface area contributed by atoms with Gasteiger partial charge in [0.1, 0.15) is 5.82 Å². The molecule has 1 aromatic heterocycles. The molecular weight excluding hydrogens is 407 g/mol. The summed E-state index contributed by atoms with van der Waals surface area (Å²) in [5.74, 6) is -0.500. The van der Waals surface area contributed by atoms with Gasteiger partial charge in [-0.05, 0) is 61.9 Å². The summed E-state index contributed by atoms with van der Waals surface area (Å²) in [6.07, 6.45) is 3.27. The lowest BCUT2D eigenvalue weighted by molar-refractivity contribution is -0.111. The lowest BCUT2D eigenvalue weighted by atomic mass is 10.1. The van der Waals surface area contributed by atoms with Crippen molar-refractivity contribution in [1.82, 2.24) is 14.7 Å². The van der Waals surface area contributed by atoms with Crippen molar-refractivity contribution >= 4 is 17.7 Å². The number of carbonyl (C=O) groups excluding carboxylic acids is 1. The number of aromatic nitrogens is 2. The van der Waals surface area contributed by atoms with Crippen LogP contribution in [0.25, 0.3) is 11.8 Å². The summed E-state index contributed by atoms with van der Waals surface area (Å²) < 4.78 is 20.3. The quantitative estimate of drug-likeness (QED) is 0.593. The fourth-order valence-electron chi connectivity index (χ4n) is 3.78. The highest BCUT2D eigenvalue weighted by Crippen LogP contribution is 2.20. The normalized spacial score (nSPS) is 14.7. The third-order valence-electron chi connectivity index (χ3n) is 5.55. The second-order valence-corrected chi connectivity index (χ2v) is 7.88. The summed E-state index contributed by atoms with van der Waals surface area (Å²) in [7, 11) is 0. The molecule has 0 bridgehead atoms. The molecule has 1 aliphatic heterocycles. The number of benzene rings is 2. The Kier molecular flexibility index (Phi) is 6.78. The molecule has 2 aromatic carbocycles. The van der Waals surface area contributed by atoms with E-state index in [9.17, 15) is 9.18 Å². The molecule has 1 saturated heterocycles. The Labute approximate surface area is 187 Å². The van der Waals surface area contributed by atoms with E-state index in [2.05, 4.69) is 15.3 Å². The van der Waals surface area contributed by atoms with Gasteiger partial charge in [0.15, 0.2) is 0 Å². The van der Waals surface area contributed by atoms with E-state index in [0.29, 0.717) is 0 Å². The zero-order valence-electron chi connectivity index (χ0n) is 18.3. The molecule has 0 aliphatic carbocycles. The van der Waals surface area contributed by atoms with Crippen LogP contribution in [-0.2, 0) is 16.1 Å². The first-order valence-electron chi connectivity index (χ1n) is 10.7. The second kappa shape index (κ2) is 9.89. The molecule has 3 aromatic rings. The third-order valence-corrected chi connectivity index (χ3v) is 5.55. The first-order valence-corrected chi connectivity index (χ1v) is 10.7. The van der Waals surface area contributed by atoms with Crippen molar-refractivity contribution in [3.8, 4) is 5.69 Å². The van der Waals surface area contributed by atoms with Crippen LogP contribution >= 0.6 is 0 Å². The number of anilines is 1. The van der Waals surface area contributed by atoms with E-state index in [1.807, 2.05) is 38.1 Å². The van der Waals surface area contributed by atoms with Crippen molar-refractivity contribution in [3.05, 3.63) is 82.9 Å². The van der Waals surface area contributed by atoms with Gasteiger partial charge in [-0.15, -0.1) is 0 Å². The van der Waals surface area contributed by atoms with E-state index in [1.54, 1.807) is 22.9 Å². The summed E-state index contributed by atoms with van der Waals surface area (Å²) in [6, 6.07) is 14.1. The molecule has 6 nitrogen and oxygen atoms in total. The fourth-order valence-corrected chi connectivity index (χ4v) is 3.78. The van der Waals surface area contributed by atoms with Crippen LogP contribution in [0, 0.1) is 19.7 Å². The van der Waals surface area contributed by atoms with E-state index in [1.165, 1.54) is 23.8 Å². The minimum absolute atomic E-state index is 0.209. The first kappa shape index (κ1) is 21.9. The number of nitrogens with zero attached hydrogens (tertiary/aromatic N) is 3. The summed E-state index contributed by atoms with van der Waals surface area (Å²) in [6.45, 7) is 8.14. The van der Waals surface area contributed by atoms with Crippen LogP contribution in [0.4, 0.5) is 10.1 Å². The molecule has 32 heavy (non-hydrogen) atoms. The smallest absolute Gasteiger partial charge is 0.248 e. The van der Waals surface area contributed by atoms with Gasteiger partial charge in [0.05, 0.1) is 24.6 Å². The molecule has 2 heterocycles. The first-order chi connectivity index (χ1) is 15.5. The van der Waals surface area contributed by atoms with Gasteiger partial charge in [-0.25, -0.2) is 9.07 Å². The highest BCUT2D eigenvalue weighted by molar-refractivity contribution is 6.02. The summed E-state index contributed by atoms with van der Waals surface area (Å²) >= 11 is 0. The maximum absolute atomic E-state index is 13.2. The van der Waals surface area contributed by atoms with E-state index < -0.39 is 0 Å². The molecule has 0 spiro atoms. The Morgan fingerprint density at radius 1 is 1.09 bits per heavy atom. The van der Waals surface area contributed by atoms with Gasteiger partial charge in [0.25, 0.3) is 0 Å². The van der Waals surface area contributed by atoms with Crippen LogP contribution in [0.1, 0.15) is 22.5 Å². The molecule has 7 heteroatoms. The van der Waals surface area contributed by atoms with Crippen LogP contribution in [0.5, 0.6) is 0 Å². The number of ether oxygens (including phenoxy) is 1. The third kappa shape index (κ3) is 5.30. The van der Waals surface area contributed by atoms with Gasteiger partial charge >= 0.3 is 0 Å². The molecule has 4 rings (SSSR count). The Balaban J connectivity index is 1.38. The van der Waals surface area contributed by atoms with Gasteiger partial charge in [-0.3, -0.25) is 9.69 Å². The Morgan fingerprint density at radius 3 is 2.47 bits per heavy atom. The molecular formula is C25H27FN4O2. The maximum Gasteiger partial charge on any atom is 0.248 e. The van der Waals surface area contributed by atoms with Crippen molar-refractivity contribution in [3.63, 3.8) is 0 Å². The Hall–Kier alpha value is -3.29. The largest absolute Gasteiger partial charge is 0.379 e. The predicted octanol–water partition coefficient (Wildman–Crippen LogP) is 4.11. The molecule has 0 radical (unpaired) electrons. The number of carbonyl (C=O) groups is 1. The van der Waals surface area contributed by atoms with E-state index in [0.717, 1.165) is 61.2 Å². The molecule has 1 N–H and O–H groups in total. The fraction of sp³-hybridized carbons (Fsp3) is 0.280. The Morgan fingerprint density at radius 2 is 1.78 bits per heavy atom. The van der Waals surface area contributed by atoms with Crippen molar-refractivity contribution < 1.29 is 13.9 Å². The number of rotatable bonds is 6. The number of morpholine rings is 1. The number of halogens is 1. The van der Waals surface area contributed by atoms with E-state index in [4.69, 9.17) is 4.74 Å². The maximum atomic E-state index is 13.2. The number of hydrogen-bond acceptors (Lipinski definition) is 4. The average molecular weight is 435 g/mol. The highest BCUT2D eigenvalue weighted by atomic mass is 19.1. The summed E-state index contributed by atoms with van der Waals surface area (Å²) in [4.78, 5) is 14.8. The van der Waals surface area contributed by atoms with Crippen molar-refractivity contribution in [1.29, 1.82) is 0 Å². The second-order valence-electron chi connectivity index (χ2n) is 7.88. The number of hydrogen-bond donors (Lipinski definition) is 1. The zero-order chi connectivity index (χ0) is 22.5. The minimum Gasteiger partial charge on any atom is -0.379 e. The molecule has 166 valence electrons. The standard InChI is InChI=1S/C25H27FN4O2/c1-18-24(19(2)30(28-18)23-9-5-21(26)6-10-23)11-12-25(31)27-22-7-3-20(4-8-22)17-29-13-15-32-16-14-29/h3-12H,13-17H2,1-2H3,(H,27,31)/b12-11+. The lowest BCUT2D eigenvalue weighted by Crippen LogP contribution is -2.35. The van der Waals surface area contributed by atoms with E-state index >= 15 is 0 Å². The minimum atomic E-state index is -0.291. The number of amides is 1. The van der Waals surface area contributed by atoms with Crippen LogP contribution in [-0.4, -0.2) is 46.9 Å². The summed E-state index contributed by atoms with van der Waals surface area (Å²) in [5, 5.41) is 7.43. The van der Waals surface area contributed by atoms with Gasteiger partial charge in [-0.1, -0.05) is 12.1 Å². The monoisotopic (exact) mass is 434 g/mol. The van der Waals surface area contributed by atoms with Crippen molar-refractivity contribution in [2.45, 2.75) is 20.4 Å². The van der Waals surface area contributed by atoms with Crippen LogP contribution in [0.2, 0.25) is 0 Å². The molecule has 0 unspecified atom stereocenters. The molecule has 0 atom stereocenters. The van der Waals surface area contributed by atoms with Gasteiger partial charge < -0.3 is 10.1 Å². The van der Waals surface area contributed by atoms with E-state index in [-0.39, 0.29) is 11.7 Å². The van der Waals surface area contributed by atoms with Crippen molar-refractivity contribution in [2.24, 2.45) is 0 Å². The van der Waals surface area contributed by atoms with Gasteiger partial charge in [-0.2, -0.15) is 5.10 Å².